The minimum atomic E-state index is 0.634. The fourth-order valence-corrected chi connectivity index (χ4v) is 2.76. The third-order valence-electron chi connectivity index (χ3n) is 3.77. The number of halogens is 1. The van der Waals surface area contributed by atoms with Gasteiger partial charge in [0, 0.05) is 24.5 Å². The summed E-state index contributed by atoms with van der Waals surface area (Å²) in [5.74, 6) is 0.937. The summed E-state index contributed by atoms with van der Waals surface area (Å²) in [5.41, 5.74) is 5.72. The molecule has 0 fully saturated rings. The highest BCUT2D eigenvalue weighted by molar-refractivity contribution is 6.30. The average Bonchev–Trinajstić information content (AvgIpc) is 2.78. The molecule has 0 aliphatic heterocycles. The lowest BCUT2D eigenvalue weighted by Gasteiger charge is -2.08. The number of nitrogens with zero attached hydrogens (tertiary/aromatic N) is 3. The Morgan fingerprint density at radius 1 is 1.10 bits per heavy atom. The van der Waals surface area contributed by atoms with E-state index in [1.165, 1.54) is 16.6 Å². The van der Waals surface area contributed by atoms with Crippen LogP contribution in [-0.4, -0.2) is 14.5 Å². The first-order valence-corrected chi connectivity index (χ1v) is 7.56. The molecule has 0 saturated carbocycles. The minimum absolute atomic E-state index is 0.634. The van der Waals surface area contributed by atoms with Crippen molar-refractivity contribution in [3.8, 4) is 11.4 Å². The van der Waals surface area contributed by atoms with Crippen LogP contribution in [0.2, 0.25) is 5.02 Å². The molecule has 2 heterocycles. The topological polar surface area (TPSA) is 30.7 Å². The molecule has 0 aliphatic carbocycles. The number of imidazole rings is 1. The van der Waals surface area contributed by atoms with Gasteiger partial charge in [-0.25, -0.2) is 4.98 Å². The summed E-state index contributed by atoms with van der Waals surface area (Å²) in [6.07, 6.45) is 4.52. The van der Waals surface area contributed by atoms with E-state index in [2.05, 4.69) is 42.5 Å². The van der Waals surface area contributed by atoms with Gasteiger partial charge in [0.05, 0.1) is 16.1 Å². The lowest BCUT2D eigenvalue weighted by atomic mass is 10.1. The van der Waals surface area contributed by atoms with E-state index in [1.54, 1.807) is 6.20 Å². The molecule has 4 heteroatoms. The second-order valence-corrected chi connectivity index (χ2v) is 5.84. The van der Waals surface area contributed by atoms with Gasteiger partial charge in [-0.1, -0.05) is 18.5 Å². The number of hydrogen-bond acceptors (Lipinski definition) is 2. The second-order valence-electron chi connectivity index (χ2n) is 5.40. The smallest absolute Gasteiger partial charge is 0.142 e. The van der Waals surface area contributed by atoms with Crippen molar-refractivity contribution in [3.63, 3.8) is 0 Å². The van der Waals surface area contributed by atoms with E-state index >= 15 is 0 Å². The van der Waals surface area contributed by atoms with Gasteiger partial charge in [-0.3, -0.25) is 4.98 Å². The molecule has 1 aromatic carbocycles. The first-order valence-electron chi connectivity index (χ1n) is 7.18. The summed E-state index contributed by atoms with van der Waals surface area (Å²) < 4.78 is 2.26. The standard InChI is InChI=1S/C17H18ClN3/c1-4-5-21-16-7-12(3)11(2)6-15(16)20-17(21)13-8-14(18)10-19-9-13/h6-10H,4-5H2,1-3H3. The lowest BCUT2D eigenvalue weighted by molar-refractivity contribution is 0.704. The maximum atomic E-state index is 6.07. The highest BCUT2D eigenvalue weighted by Gasteiger charge is 2.13. The van der Waals surface area contributed by atoms with E-state index in [0.717, 1.165) is 29.9 Å². The summed E-state index contributed by atoms with van der Waals surface area (Å²) in [4.78, 5) is 8.99. The van der Waals surface area contributed by atoms with E-state index in [1.807, 2.05) is 12.3 Å². The molecular formula is C17H18ClN3. The van der Waals surface area contributed by atoms with Crippen LogP contribution in [0.3, 0.4) is 0 Å². The summed E-state index contributed by atoms with van der Waals surface area (Å²) in [6.45, 7) is 7.36. The molecule has 0 aliphatic rings. The Hall–Kier alpha value is -1.87. The van der Waals surface area contributed by atoms with Gasteiger partial charge in [0.15, 0.2) is 0 Å². The Labute approximate surface area is 129 Å². The zero-order chi connectivity index (χ0) is 15.0. The van der Waals surface area contributed by atoms with Gasteiger partial charge in [0.25, 0.3) is 0 Å². The van der Waals surface area contributed by atoms with E-state index < -0.39 is 0 Å². The average molecular weight is 300 g/mol. The van der Waals surface area contributed by atoms with Crippen molar-refractivity contribution >= 4 is 22.6 Å². The van der Waals surface area contributed by atoms with Crippen molar-refractivity contribution in [1.29, 1.82) is 0 Å². The van der Waals surface area contributed by atoms with Crippen LogP contribution in [0.25, 0.3) is 22.4 Å². The lowest BCUT2D eigenvalue weighted by Crippen LogP contribution is -2.00. The number of fused-ring (bicyclic) bond motifs is 1. The largest absolute Gasteiger partial charge is 0.324 e. The van der Waals surface area contributed by atoms with Crippen molar-refractivity contribution in [3.05, 3.63) is 46.7 Å². The van der Waals surface area contributed by atoms with Crippen molar-refractivity contribution < 1.29 is 0 Å². The number of rotatable bonds is 3. The summed E-state index contributed by atoms with van der Waals surface area (Å²) in [6, 6.07) is 6.29. The molecule has 0 spiro atoms. The van der Waals surface area contributed by atoms with Crippen LogP contribution in [0.4, 0.5) is 0 Å². The Bertz CT molecular complexity index is 805. The Balaban J connectivity index is 2.28. The van der Waals surface area contributed by atoms with Crippen molar-refractivity contribution in [2.75, 3.05) is 0 Å². The quantitative estimate of drug-likeness (QED) is 0.697. The first-order chi connectivity index (χ1) is 10.1. The predicted octanol–water partition coefficient (Wildman–Crippen LogP) is 4.78. The van der Waals surface area contributed by atoms with E-state index in [9.17, 15) is 0 Å². The number of aryl methyl sites for hydroxylation is 3. The monoisotopic (exact) mass is 299 g/mol. The highest BCUT2D eigenvalue weighted by Crippen LogP contribution is 2.28. The molecule has 2 aromatic heterocycles. The highest BCUT2D eigenvalue weighted by atomic mass is 35.5. The van der Waals surface area contributed by atoms with Crippen molar-refractivity contribution in [2.45, 2.75) is 33.7 Å². The van der Waals surface area contributed by atoms with Gasteiger partial charge in [-0.2, -0.15) is 0 Å². The summed E-state index contributed by atoms with van der Waals surface area (Å²) >= 11 is 6.07. The summed E-state index contributed by atoms with van der Waals surface area (Å²) in [7, 11) is 0. The van der Waals surface area contributed by atoms with Crippen LogP contribution >= 0.6 is 11.6 Å². The number of aromatic nitrogens is 3. The Morgan fingerprint density at radius 2 is 1.86 bits per heavy atom. The zero-order valence-electron chi connectivity index (χ0n) is 12.5. The van der Waals surface area contributed by atoms with Gasteiger partial charge in [0.2, 0.25) is 0 Å². The molecule has 0 atom stereocenters. The third kappa shape index (κ3) is 2.54. The van der Waals surface area contributed by atoms with Crippen LogP contribution in [0.5, 0.6) is 0 Å². The number of pyridine rings is 1. The molecule has 3 aromatic rings. The molecule has 3 rings (SSSR count). The van der Waals surface area contributed by atoms with E-state index in [4.69, 9.17) is 16.6 Å². The van der Waals surface area contributed by atoms with Crippen LogP contribution in [0.15, 0.2) is 30.6 Å². The molecule has 108 valence electrons. The van der Waals surface area contributed by atoms with Gasteiger partial charge < -0.3 is 4.57 Å². The molecule has 0 radical (unpaired) electrons. The Morgan fingerprint density at radius 3 is 2.57 bits per heavy atom. The molecule has 0 N–H and O–H groups in total. The molecule has 0 saturated heterocycles. The number of hydrogen-bond donors (Lipinski definition) is 0. The fourth-order valence-electron chi connectivity index (χ4n) is 2.58. The molecule has 0 unspecified atom stereocenters. The SMILES string of the molecule is CCCn1c(-c2cncc(Cl)c2)nc2cc(C)c(C)cc21. The van der Waals surface area contributed by atoms with Crippen LogP contribution in [-0.2, 0) is 6.54 Å². The predicted molar refractivity (Wildman–Crippen MR) is 87.7 cm³/mol. The van der Waals surface area contributed by atoms with Crippen molar-refractivity contribution in [2.24, 2.45) is 0 Å². The van der Waals surface area contributed by atoms with E-state index in [-0.39, 0.29) is 0 Å². The van der Waals surface area contributed by atoms with Crippen molar-refractivity contribution in [1.82, 2.24) is 14.5 Å². The van der Waals surface area contributed by atoms with E-state index in [0.29, 0.717) is 5.02 Å². The Kier molecular flexibility index (Phi) is 3.68. The van der Waals surface area contributed by atoms with Crippen LogP contribution in [0.1, 0.15) is 24.5 Å². The normalized spacial score (nSPS) is 11.2. The molecular weight excluding hydrogens is 282 g/mol. The fraction of sp³-hybridized carbons (Fsp3) is 0.294. The molecule has 0 amide bonds. The molecule has 0 bridgehead atoms. The van der Waals surface area contributed by atoms with Crippen LogP contribution < -0.4 is 0 Å². The van der Waals surface area contributed by atoms with Crippen LogP contribution in [0, 0.1) is 13.8 Å². The maximum absolute atomic E-state index is 6.07. The molecule has 3 nitrogen and oxygen atoms in total. The zero-order valence-corrected chi connectivity index (χ0v) is 13.3. The molecule has 21 heavy (non-hydrogen) atoms. The van der Waals surface area contributed by atoms with Gasteiger partial charge in [-0.05, 0) is 49.6 Å². The summed E-state index contributed by atoms with van der Waals surface area (Å²) in [5, 5.41) is 0.634. The first kappa shape index (κ1) is 14.1. The second kappa shape index (κ2) is 5.49. The van der Waals surface area contributed by atoms with Gasteiger partial charge in [-0.15, -0.1) is 0 Å². The number of benzene rings is 1. The van der Waals surface area contributed by atoms with Gasteiger partial charge >= 0.3 is 0 Å². The maximum Gasteiger partial charge on any atom is 0.142 e. The minimum Gasteiger partial charge on any atom is -0.324 e. The van der Waals surface area contributed by atoms with Gasteiger partial charge in [0.1, 0.15) is 5.82 Å². The third-order valence-corrected chi connectivity index (χ3v) is 3.98.